The number of halogens is 1. The number of carbonyl (C=O) groups is 1. The summed E-state index contributed by atoms with van der Waals surface area (Å²) < 4.78 is 6.34. The van der Waals surface area contributed by atoms with E-state index in [9.17, 15) is 4.79 Å². The first kappa shape index (κ1) is 15.0. The number of benzene rings is 1. The van der Waals surface area contributed by atoms with Crippen LogP contribution in [-0.4, -0.2) is 10.9 Å². The van der Waals surface area contributed by atoms with Crippen LogP contribution >= 0.6 is 22.6 Å². The first-order chi connectivity index (χ1) is 9.60. The molecule has 106 valence electrons. The van der Waals surface area contributed by atoms with Crippen molar-refractivity contribution < 1.29 is 9.21 Å². The minimum absolute atomic E-state index is 0.259. The fraction of sp³-hybridized carbons (Fsp3) is 0.286. The molecule has 1 aromatic heterocycles. The van der Waals surface area contributed by atoms with Crippen LogP contribution in [0.1, 0.15) is 41.3 Å². The monoisotopic (exact) mass is 385 g/mol. The molecule has 1 heterocycles. The molecule has 0 radical (unpaired) electrons. The Morgan fingerprint density at radius 1 is 1.55 bits per heavy atom. The van der Waals surface area contributed by atoms with Crippen LogP contribution in [0.4, 0.5) is 0 Å². The molecule has 0 aliphatic heterocycles. The third-order valence-corrected chi connectivity index (χ3v) is 3.52. The van der Waals surface area contributed by atoms with Gasteiger partial charge in [-0.25, -0.2) is 4.98 Å². The van der Waals surface area contributed by atoms with Crippen LogP contribution < -0.4 is 11.1 Å². The van der Waals surface area contributed by atoms with Gasteiger partial charge in [-0.2, -0.15) is 0 Å². The highest BCUT2D eigenvalue weighted by atomic mass is 127. The van der Waals surface area contributed by atoms with Gasteiger partial charge in [-0.05, 0) is 46.7 Å². The van der Waals surface area contributed by atoms with Gasteiger partial charge in [0.2, 0.25) is 5.89 Å². The summed E-state index contributed by atoms with van der Waals surface area (Å²) >= 11 is 2.23. The molecule has 0 spiro atoms. The van der Waals surface area contributed by atoms with Gasteiger partial charge in [-0.15, -0.1) is 0 Å². The number of oxazole rings is 1. The Labute approximate surface area is 131 Å². The summed E-state index contributed by atoms with van der Waals surface area (Å²) in [5.41, 5.74) is 7.10. The third kappa shape index (κ3) is 3.80. The minimum Gasteiger partial charge on any atom is -0.446 e. The summed E-state index contributed by atoms with van der Waals surface area (Å²) in [6.45, 7) is 2.39. The van der Waals surface area contributed by atoms with Crippen LogP contribution in [-0.2, 0) is 6.54 Å². The molecule has 2 aromatic rings. The van der Waals surface area contributed by atoms with Crippen molar-refractivity contribution in [3.05, 3.63) is 51.2 Å². The molecule has 0 aliphatic carbocycles. The van der Waals surface area contributed by atoms with E-state index in [0.29, 0.717) is 18.9 Å². The number of aromatic nitrogens is 1. The standard InChI is InChI=1S/C14H16IN3O2/c1-2-11(16)14-18-12(8-20-14)13(19)17-7-9-4-3-5-10(15)6-9/h3-6,8,11H,2,7,16H2,1H3,(H,17,19). The van der Waals surface area contributed by atoms with E-state index in [1.165, 1.54) is 6.26 Å². The van der Waals surface area contributed by atoms with Crippen molar-refractivity contribution in [1.29, 1.82) is 0 Å². The molecule has 1 aromatic carbocycles. The number of hydrogen-bond donors (Lipinski definition) is 2. The van der Waals surface area contributed by atoms with Crippen molar-refractivity contribution in [3.8, 4) is 0 Å². The van der Waals surface area contributed by atoms with Crippen LogP contribution in [0.3, 0.4) is 0 Å². The van der Waals surface area contributed by atoms with Gasteiger partial charge in [0, 0.05) is 10.1 Å². The maximum atomic E-state index is 12.0. The summed E-state index contributed by atoms with van der Waals surface area (Å²) in [7, 11) is 0. The molecule has 1 amide bonds. The Bertz CT molecular complexity index is 598. The second-order valence-corrected chi connectivity index (χ2v) is 5.64. The summed E-state index contributed by atoms with van der Waals surface area (Å²) in [4.78, 5) is 16.1. The van der Waals surface area contributed by atoms with Crippen molar-refractivity contribution in [1.82, 2.24) is 10.3 Å². The van der Waals surface area contributed by atoms with Gasteiger partial charge in [0.05, 0.1) is 6.04 Å². The van der Waals surface area contributed by atoms with Gasteiger partial charge in [0.25, 0.3) is 5.91 Å². The zero-order chi connectivity index (χ0) is 14.5. The van der Waals surface area contributed by atoms with Crippen molar-refractivity contribution >= 4 is 28.5 Å². The lowest BCUT2D eigenvalue weighted by molar-refractivity contribution is 0.0946. The Hall–Kier alpha value is -1.41. The first-order valence-electron chi connectivity index (χ1n) is 6.33. The zero-order valence-corrected chi connectivity index (χ0v) is 13.3. The van der Waals surface area contributed by atoms with Gasteiger partial charge < -0.3 is 15.5 Å². The molecule has 0 saturated carbocycles. The Morgan fingerprint density at radius 3 is 3.05 bits per heavy atom. The molecule has 2 rings (SSSR count). The molecule has 0 saturated heterocycles. The van der Waals surface area contributed by atoms with Crippen LogP contribution in [0, 0.1) is 3.57 Å². The second-order valence-electron chi connectivity index (χ2n) is 4.40. The molecule has 1 atom stereocenters. The quantitative estimate of drug-likeness (QED) is 0.776. The summed E-state index contributed by atoms with van der Waals surface area (Å²) in [6, 6.07) is 7.66. The van der Waals surface area contributed by atoms with E-state index in [1.54, 1.807) is 0 Å². The summed E-state index contributed by atoms with van der Waals surface area (Å²) in [6.07, 6.45) is 2.05. The molecule has 6 heteroatoms. The van der Waals surface area contributed by atoms with E-state index in [1.807, 2.05) is 31.2 Å². The predicted octanol–water partition coefficient (Wildman–Crippen LogP) is 2.62. The molecule has 1 unspecified atom stereocenters. The van der Waals surface area contributed by atoms with E-state index in [0.717, 1.165) is 9.13 Å². The molecule has 20 heavy (non-hydrogen) atoms. The number of nitrogens with one attached hydrogen (secondary N) is 1. The van der Waals surface area contributed by atoms with Crippen LogP contribution in [0.25, 0.3) is 0 Å². The smallest absolute Gasteiger partial charge is 0.273 e. The molecule has 0 aliphatic rings. The number of hydrogen-bond acceptors (Lipinski definition) is 4. The number of rotatable bonds is 5. The van der Waals surface area contributed by atoms with Gasteiger partial charge in [-0.1, -0.05) is 19.1 Å². The van der Waals surface area contributed by atoms with E-state index in [4.69, 9.17) is 10.2 Å². The molecular formula is C14H16IN3O2. The number of carbonyl (C=O) groups excluding carboxylic acids is 1. The van der Waals surface area contributed by atoms with E-state index in [2.05, 4.69) is 32.9 Å². The van der Waals surface area contributed by atoms with Crippen molar-refractivity contribution in [2.45, 2.75) is 25.9 Å². The van der Waals surface area contributed by atoms with E-state index < -0.39 is 0 Å². The lowest BCUT2D eigenvalue weighted by Gasteiger charge is -2.04. The fourth-order valence-electron chi connectivity index (χ4n) is 1.66. The summed E-state index contributed by atoms with van der Waals surface area (Å²) in [5, 5.41) is 2.81. The van der Waals surface area contributed by atoms with Gasteiger partial charge >= 0.3 is 0 Å². The lowest BCUT2D eigenvalue weighted by Crippen LogP contribution is -2.23. The largest absolute Gasteiger partial charge is 0.446 e. The number of nitrogens with two attached hydrogens (primary N) is 1. The van der Waals surface area contributed by atoms with Crippen molar-refractivity contribution in [2.24, 2.45) is 5.73 Å². The highest BCUT2D eigenvalue weighted by Crippen LogP contribution is 2.13. The highest BCUT2D eigenvalue weighted by Gasteiger charge is 2.15. The van der Waals surface area contributed by atoms with E-state index in [-0.39, 0.29) is 17.6 Å². The first-order valence-corrected chi connectivity index (χ1v) is 7.41. The van der Waals surface area contributed by atoms with Crippen molar-refractivity contribution in [2.75, 3.05) is 0 Å². The Morgan fingerprint density at radius 2 is 2.35 bits per heavy atom. The maximum absolute atomic E-state index is 12.0. The SMILES string of the molecule is CCC(N)c1nc(C(=O)NCc2cccc(I)c2)co1. The van der Waals surface area contributed by atoms with Crippen LogP contribution in [0.2, 0.25) is 0 Å². The normalized spacial score (nSPS) is 12.2. The van der Waals surface area contributed by atoms with Crippen LogP contribution in [0.15, 0.2) is 34.9 Å². The molecule has 0 bridgehead atoms. The highest BCUT2D eigenvalue weighted by molar-refractivity contribution is 14.1. The Balaban J connectivity index is 1.96. The minimum atomic E-state index is -0.271. The Kier molecular flexibility index (Phi) is 5.13. The second kappa shape index (κ2) is 6.85. The molecule has 5 nitrogen and oxygen atoms in total. The van der Waals surface area contributed by atoms with Gasteiger partial charge in [0.15, 0.2) is 5.69 Å². The number of nitrogens with zero attached hydrogens (tertiary/aromatic N) is 1. The number of amides is 1. The van der Waals surface area contributed by atoms with Gasteiger partial charge in [0.1, 0.15) is 6.26 Å². The van der Waals surface area contributed by atoms with Crippen molar-refractivity contribution in [3.63, 3.8) is 0 Å². The maximum Gasteiger partial charge on any atom is 0.273 e. The molecular weight excluding hydrogens is 369 g/mol. The summed E-state index contributed by atoms with van der Waals surface area (Å²) in [5.74, 6) is 0.133. The average molecular weight is 385 g/mol. The molecule has 0 fully saturated rings. The van der Waals surface area contributed by atoms with E-state index >= 15 is 0 Å². The van der Waals surface area contributed by atoms with Gasteiger partial charge in [-0.3, -0.25) is 4.79 Å². The van der Waals surface area contributed by atoms with Crippen LogP contribution in [0.5, 0.6) is 0 Å². The zero-order valence-electron chi connectivity index (χ0n) is 11.1. The molecule has 3 N–H and O–H groups in total. The third-order valence-electron chi connectivity index (χ3n) is 2.85. The fourth-order valence-corrected chi connectivity index (χ4v) is 2.26. The topological polar surface area (TPSA) is 81.1 Å². The predicted molar refractivity (Wildman–Crippen MR) is 84.1 cm³/mol. The average Bonchev–Trinajstić information content (AvgIpc) is 2.94. The lowest BCUT2D eigenvalue weighted by atomic mass is 10.2.